The molecule has 136 valence electrons. The molecule has 0 radical (unpaired) electrons. The maximum Gasteiger partial charge on any atom is 0.226 e. The summed E-state index contributed by atoms with van der Waals surface area (Å²) < 4.78 is 5.15. The largest absolute Gasteiger partial charge is 0.383 e. The second-order valence-electron chi connectivity index (χ2n) is 7.03. The summed E-state index contributed by atoms with van der Waals surface area (Å²) in [5.74, 6) is 0.929. The lowest BCUT2D eigenvalue weighted by Crippen LogP contribution is -2.43. The zero-order chi connectivity index (χ0) is 17.5. The van der Waals surface area contributed by atoms with E-state index < -0.39 is 0 Å². The van der Waals surface area contributed by atoms with Crippen molar-refractivity contribution in [3.05, 3.63) is 42.2 Å². The summed E-state index contributed by atoms with van der Waals surface area (Å²) in [7, 11) is 1.69. The predicted octanol–water partition coefficient (Wildman–Crippen LogP) is 2.34. The van der Waals surface area contributed by atoms with Crippen LogP contribution in [0.2, 0.25) is 0 Å². The molecule has 3 rings (SSSR count). The molecule has 5 nitrogen and oxygen atoms in total. The van der Waals surface area contributed by atoms with Crippen molar-refractivity contribution < 1.29 is 9.53 Å². The number of amides is 1. The number of aromatic nitrogens is 1. The van der Waals surface area contributed by atoms with Gasteiger partial charge in [-0.1, -0.05) is 18.2 Å². The first-order valence-electron chi connectivity index (χ1n) is 9.33. The normalized spacial score (nSPS) is 23.0. The predicted molar refractivity (Wildman–Crippen MR) is 97.9 cm³/mol. The highest BCUT2D eigenvalue weighted by molar-refractivity contribution is 5.80. The molecular formula is C20H29N3O2. The Kier molecular flexibility index (Phi) is 6.59. The topological polar surface area (TPSA) is 45.7 Å². The number of pyridine rings is 1. The molecule has 1 saturated heterocycles. The van der Waals surface area contributed by atoms with Gasteiger partial charge in [0, 0.05) is 38.9 Å². The number of ether oxygens (including phenoxy) is 1. The summed E-state index contributed by atoms with van der Waals surface area (Å²) in [6, 6.07) is 6.08. The van der Waals surface area contributed by atoms with Crippen molar-refractivity contribution in [2.45, 2.75) is 25.8 Å². The second kappa shape index (κ2) is 9.11. The van der Waals surface area contributed by atoms with Crippen LogP contribution in [0.1, 0.15) is 25.0 Å². The van der Waals surface area contributed by atoms with E-state index in [0.717, 1.165) is 51.1 Å². The van der Waals surface area contributed by atoms with Crippen molar-refractivity contribution in [3.8, 4) is 0 Å². The quantitative estimate of drug-likeness (QED) is 0.744. The van der Waals surface area contributed by atoms with E-state index in [0.29, 0.717) is 25.0 Å². The van der Waals surface area contributed by atoms with Gasteiger partial charge in [-0.05, 0) is 50.4 Å². The second-order valence-corrected chi connectivity index (χ2v) is 7.03. The molecule has 1 atom stereocenters. The average molecular weight is 343 g/mol. The number of hydrogen-bond donors (Lipinski definition) is 0. The van der Waals surface area contributed by atoms with Crippen LogP contribution >= 0.6 is 0 Å². The fourth-order valence-corrected chi connectivity index (χ4v) is 3.90. The third-order valence-corrected chi connectivity index (χ3v) is 5.39. The van der Waals surface area contributed by atoms with Crippen LogP contribution in [-0.4, -0.2) is 60.6 Å². The Morgan fingerprint density at radius 3 is 2.80 bits per heavy atom. The Morgan fingerprint density at radius 1 is 1.24 bits per heavy atom. The number of carbonyl (C=O) groups is 1. The Labute approximate surface area is 150 Å². The third-order valence-electron chi connectivity index (χ3n) is 5.39. The Balaban J connectivity index is 1.54. The van der Waals surface area contributed by atoms with Crippen LogP contribution in [0, 0.1) is 11.8 Å². The maximum atomic E-state index is 12.9. The monoisotopic (exact) mass is 343 g/mol. The number of rotatable bonds is 6. The summed E-state index contributed by atoms with van der Waals surface area (Å²) in [5, 5.41) is 0. The number of nitrogens with zero attached hydrogens (tertiary/aromatic N) is 3. The smallest absolute Gasteiger partial charge is 0.226 e. The van der Waals surface area contributed by atoms with Crippen LogP contribution < -0.4 is 0 Å². The molecule has 0 aromatic carbocycles. The van der Waals surface area contributed by atoms with Gasteiger partial charge in [-0.2, -0.15) is 0 Å². The van der Waals surface area contributed by atoms with Crippen LogP contribution in [-0.2, 0) is 16.1 Å². The summed E-state index contributed by atoms with van der Waals surface area (Å²) in [4.78, 5) is 21.8. The van der Waals surface area contributed by atoms with Crippen LogP contribution in [0.15, 0.2) is 36.5 Å². The summed E-state index contributed by atoms with van der Waals surface area (Å²) in [6.07, 6.45) is 9.24. The number of methoxy groups -OCH3 is 1. The fourth-order valence-electron chi connectivity index (χ4n) is 3.90. The molecule has 0 N–H and O–H groups in total. The molecular weight excluding hydrogens is 314 g/mol. The van der Waals surface area contributed by atoms with Crippen molar-refractivity contribution in [1.29, 1.82) is 0 Å². The molecule has 2 aliphatic heterocycles. The molecule has 25 heavy (non-hydrogen) atoms. The van der Waals surface area contributed by atoms with E-state index in [1.54, 1.807) is 7.11 Å². The van der Waals surface area contributed by atoms with Crippen LogP contribution in [0.5, 0.6) is 0 Å². The van der Waals surface area contributed by atoms with Gasteiger partial charge in [-0.25, -0.2) is 0 Å². The molecule has 0 aliphatic carbocycles. The van der Waals surface area contributed by atoms with Gasteiger partial charge in [0.1, 0.15) is 0 Å². The van der Waals surface area contributed by atoms with Gasteiger partial charge >= 0.3 is 0 Å². The molecule has 3 heterocycles. The molecule has 1 fully saturated rings. The lowest BCUT2D eigenvalue weighted by Gasteiger charge is -2.36. The molecule has 1 aromatic rings. The Bertz CT molecular complexity index is 568. The highest BCUT2D eigenvalue weighted by Gasteiger charge is 2.33. The van der Waals surface area contributed by atoms with Gasteiger partial charge in [0.15, 0.2) is 0 Å². The number of hydrogen-bond acceptors (Lipinski definition) is 4. The average Bonchev–Trinajstić information content (AvgIpc) is 2.83. The van der Waals surface area contributed by atoms with E-state index in [1.807, 2.05) is 23.2 Å². The minimum absolute atomic E-state index is 0.132. The summed E-state index contributed by atoms with van der Waals surface area (Å²) in [6.45, 7) is 5.02. The van der Waals surface area contributed by atoms with E-state index in [9.17, 15) is 4.79 Å². The first-order valence-corrected chi connectivity index (χ1v) is 9.33. The first-order chi connectivity index (χ1) is 12.3. The third kappa shape index (κ3) is 4.89. The van der Waals surface area contributed by atoms with Crippen molar-refractivity contribution in [1.82, 2.24) is 14.8 Å². The standard InChI is InChI=1S/C20H29N3O2/c1-25-15-14-23-11-5-3-7-19(20(23)24)17-8-12-22(13-9-17)16-18-6-2-4-10-21-18/h2-6,10,17,19H,7-9,11-16H2,1H3/t19-/m1/s1. The van der Waals surface area contributed by atoms with Crippen LogP contribution in [0.4, 0.5) is 0 Å². The van der Waals surface area contributed by atoms with Gasteiger partial charge in [0.2, 0.25) is 5.91 Å². The number of likely N-dealkylation sites (tertiary alicyclic amines) is 1. The fraction of sp³-hybridized carbons (Fsp3) is 0.600. The highest BCUT2D eigenvalue weighted by atomic mass is 16.5. The lowest BCUT2D eigenvalue weighted by molar-refractivity contribution is -0.137. The molecule has 2 aliphatic rings. The summed E-state index contributed by atoms with van der Waals surface area (Å²) >= 11 is 0. The minimum atomic E-state index is 0.132. The number of allylic oxidation sites excluding steroid dienone is 1. The van der Waals surface area contributed by atoms with Crippen LogP contribution in [0.3, 0.4) is 0 Å². The zero-order valence-electron chi connectivity index (χ0n) is 15.1. The van der Waals surface area contributed by atoms with E-state index in [1.165, 1.54) is 0 Å². The van der Waals surface area contributed by atoms with Crippen molar-refractivity contribution in [2.75, 3.05) is 39.9 Å². The van der Waals surface area contributed by atoms with Crippen molar-refractivity contribution in [3.63, 3.8) is 0 Å². The van der Waals surface area contributed by atoms with Crippen molar-refractivity contribution in [2.24, 2.45) is 11.8 Å². The molecule has 0 unspecified atom stereocenters. The van der Waals surface area contributed by atoms with Gasteiger partial charge in [-0.3, -0.25) is 14.7 Å². The molecule has 5 heteroatoms. The van der Waals surface area contributed by atoms with Gasteiger partial charge in [0.05, 0.1) is 12.3 Å². The van der Waals surface area contributed by atoms with Crippen molar-refractivity contribution >= 4 is 5.91 Å². The Hall–Kier alpha value is -1.72. The number of piperidine rings is 1. The molecule has 1 amide bonds. The first kappa shape index (κ1) is 18.1. The molecule has 1 aromatic heterocycles. The van der Waals surface area contributed by atoms with E-state index in [-0.39, 0.29) is 5.92 Å². The lowest BCUT2D eigenvalue weighted by atomic mass is 9.81. The van der Waals surface area contributed by atoms with Gasteiger partial charge in [0.25, 0.3) is 0 Å². The highest BCUT2D eigenvalue weighted by Crippen LogP contribution is 2.31. The number of carbonyl (C=O) groups excluding carboxylic acids is 1. The van der Waals surface area contributed by atoms with Crippen LogP contribution in [0.25, 0.3) is 0 Å². The minimum Gasteiger partial charge on any atom is -0.383 e. The molecule has 0 bridgehead atoms. The van der Waals surface area contributed by atoms with E-state index in [4.69, 9.17) is 4.74 Å². The zero-order valence-corrected chi connectivity index (χ0v) is 15.1. The van der Waals surface area contributed by atoms with Gasteiger partial charge in [-0.15, -0.1) is 0 Å². The Morgan fingerprint density at radius 2 is 2.08 bits per heavy atom. The summed E-state index contributed by atoms with van der Waals surface area (Å²) in [5.41, 5.74) is 1.13. The maximum absolute atomic E-state index is 12.9. The molecule has 0 saturated carbocycles. The van der Waals surface area contributed by atoms with E-state index >= 15 is 0 Å². The van der Waals surface area contributed by atoms with E-state index in [2.05, 4.69) is 28.1 Å². The SMILES string of the molecule is COCCN1CC=CC[C@H](C2CCN(Cc3ccccn3)CC2)C1=O. The molecule has 0 spiro atoms. The van der Waals surface area contributed by atoms with Gasteiger partial charge < -0.3 is 9.64 Å².